The maximum Gasteiger partial charge on any atom is 0.309 e. The van der Waals surface area contributed by atoms with Gasteiger partial charge in [-0.1, -0.05) is 31.0 Å². The maximum atomic E-state index is 13.6. The lowest BCUT2D eigenvalue weighted by molar-refractivity contribution is -0.149. The Kier molecular flexibility index (Phi) is 10.4. The van der Waals surface area contributed by atoms with Crippen LogP contribution >= 0.6 is 22.9 Å². The number of ketones is 1. The van der Waals surface area contributed by atoms with Gasteiger partial charge in [0, 0.05) is 23.5 Å². The molecule has 0 saturated carbocycles. The van der Waals surface area contributed by atoms with Crippen molar-refractivity contribution in [2.75, 3.05) is 31.6 Å². The highest BCUT2D eigenvalue weighted by Crippen LogP contribution is 2.37. The molecule has 0 spiro atoms. The van der Waals surface area contributed by atoms with Crippen LogP contribution in [0.3, 0.4) is 0 Å². The van der Waals surface area contributed by atoms with Gasteiger partial charge in [0.05, 0.1) is 22.9 Å². The molecule has 1 saturated heterocycles. The number of anilines is 2. The molecule has 0 atom stereocenters. The summed E-state index contributed by atoms with van der Waals surface area (Å²) in [6.45, 7) is 6.71. The van der Waals surface area contributed by atoms with E-state index in [-0.39, 0.29) is 22.7 Å². The molecule has 0 radical (unpaired) electrons. The number of aryl methyl sites for hydroxylation is 2. The molecule has 1 aromatic carbocycles. The van der Waals surface area contributed by atoms with Crippen molar-refractivity contribution in [2.45, 2.75) is 52.4 Å². The summed E-state index contributed by atoms with van der Waals surface area (Å²) in [7, 11) is 0. The molecule has 0 bridgehead atoms. The molecule has 4 rings (SSSR count). The largest absolute Gasteiger partial charge is 0.466 e. The fourth-order valence-corrected chi connectivity index (χ4v) is 6.19. The van der Waals surface area contributed by atoms with Crippen molar-refractivity contribution in [2.24, 2.45) is 5.92 Å². The number of allylic oxidation sites excluding steroid dienone is 1. The van der Waals surface area contributed by atoms with E-state index in [1.54, 1.807) is 23.5 Å². The van der Waals surface area contributed by atoms with Crippen molar-refractivity contribution in [3.8, 4) is 0 Å². The number of likely N-dealkylation sites (tertiary alicyclic amines) is 1. The number of hydrogen-bond acceptors (Lipinski definition) is 8. The number of halogens is 2. The first kappa shape index (κ1) is 29.1. The van der Waals surface area contributed by atoms with Crippen molar-refractivity contribution in [1.29, 1.82) is 0 Å². The lowest BCUT2D eigenvalue weighted by atomic mass is 9.97. The second kappa shape index (κ2) is 14.0. The zero-order valence-electron chi connectivity index (χ0n) is 22.3. The van der Waals surface area contributed by atoms with Gasteiger partial charge >= 0.3 is 5.97 Å². The number of benzene rings is 1. The third-order valence-corrected chi connectivity index (χ3v) is 8.32. The van der Waals surface area contributed by atoms with Gasteiger partial charge in [-0.2, -0.15) is 0 Å². The Hall–Kier alpha value is -2.88. The van der Waals surface area contributed by atoms with Gasteiger partial charge in [-0.25, -0.2) is 14.4 Å². The number of hydrogen-bond donors (Lipinski definition) is 1. The highest BCUT2D eigenvalue weighted by molar-refractivity contribution is 7.19. The van der Waals surface area contributed by atoms with Crippen LogP contribution in [0.25, 0.3) is 10.2 Å². The molecule has 0 unspecified atom stereocenters. The van der Waals surface area contributed by atoms with Crippen molar-refractivity contribution >= 4 is 56.4 Å². The van der Waals surface area contributed by atoms with E-state index in [1.807, 2.05) is 13.0 Å². The molecule has 1 N–H and O–H groups in total. The van der Waals surface area contributed by atoms with Crippen LogP contribution in [0.2, 0.25) is 5.02 Å². The molecule has 3 aromatic rings. The minimum atomic E-state index is -0.475. The second-order valence-electron chi connectivity index (χ2n) is 9.61. The molecule has 1 aliphatic heterocycles. The van der Waals surface area contributed by atoms with Gasteiger partial charge in [-0.15, -0.1) is 11.3 Å². The SMILES string of the molecule is CCCc1c(CCC(=O)/C=C/CN2CCC(C(=O)OCC)CC2)sc2ncnc(Nc3ccc(F)c(Cl)c3)c12. The smallest absolute Gasteiger partial charge is 0.309 e. The van der Waals surface area contributed by atoms with E-state index in [2.05, 4.69) is 27.1 Å². The number of nitrogens with zero attached hydrogens (tertiary/aromatic N) is 3. The predicted molar refractivity (Wildman–Crippen MR) is 154 cm³/mol. The third kappa shape index (κ3) is 7.62. The van der Waals surface area contributed by atoms with Crippen molar-refractivity contribution in [3.63, 3.8) is 0 Å². The zero-order valence-corrected chi connectivity index (χ0v) is 23.9. The number of esters is 1. The van der Waals surface area contributed by atoms with Gasteiger partial charge in [-0.3, -0.25) is 14.5 Å². The number of rotatable bonds is 12. The average molecular weight is 573 g/mol. The molecule has 2 aromatic heterocycles. The molecule has 208 valence electrons. The van der Waals surface area contributed by atoms with Crippen LogP contribution in [0.4, 0.5) is 15.9 Å². The molecule has 0 amide bonds. The summed E-state index contributed by atoms with van der Waals surface area (Å²) in [5.41, 5.74) is 1.79. The van der Waals surface area contributed by atoms with Gasteiger partial charge < -0.3 is 10.1 Å². The summed E-state index contributed by atoms with van der Waals surface area (Å²) in [6.07, 6.45) is 9.52. The summed E-state index contributed by atoms with van der Waals surface area (Å²) in [5, 5.41) is 4.24. The first-order valence-corrected chi connectivity index (χ1v) is 14.6. The zero-order chi connectivity index (χ0) is 27.8. The quantitative estimate of drug-likeness (QED) is 0.195. The second-order valence-corrected chi connectivity index (χ2v) is 11.1. The molecule has 0 aliphatic carbocycles. The first-order valence-electron chi connectivity index (χ1n) is 13.4. The van der Waals surface area contributed by atoms with Crippen LogP contribution in [-0.2, 0) is 27.2 Å². The van der Waals surface area contributed by atoms with Crippen LogP contribution in [0.5, 0.6) is 0 Å². The van der Waals surface area contributed by atoms with Crippen LogP contribution in [0, 0.1) is 11.7 Å². The summed E-state index contributed by atoms with van der Waals surface area (Å²) < 4.78 is 18.7. The van der Waals surface area contributed by atoms with Crippen LogP contribution in [-0.4, -0.2) is 52.9 Å². The molecule has 3 heterocycles. The van der Waals surface area contributed by atoms with Crippen molar-refractivity contribution in [3.05, 3.63) is 58.0 Å². The Bertz CT molecular complexity index is 1340. The van der Waals surface area contributed by atoms with Gasteiger partial charge in [0.2, 0.25) is 0 Å². The predicted octanol–water partition coefficient (Wildman–Crippen LogP) is 6.51. The van der Waals surface area contributed by atoms with Gasteiger partial charge in [-0.05, 0) is 75.5 Å². The fourth-order valence-electron chi connectivity index (χ4n) is 4.82. The van der Waals surface area contributed by atoms with Gasteiger partial charge in [0.25, 0.3) is 0 Å². The van der Waals surface area contributed by atoms with Crippen molar-refractivity contribution < 1.29 is 18.7 Å². The molecule has 7 nitrogen and oxygen atoms in total. The number of nitrogens with one attached hydrogen (secondary N) is 1. The Morgan fingerprint density at radius 3 is 2.74 bits per heavy atom. The first-order chi connectivity index (χ1) is 18.9. The topological polar surface area (TPSA) is 84.4 Å². The normalized spacial score (nSPS) is 14.8. The van der Waals surface area contributed by atoms with E-state index in [0.717, 1.165) is 59.4 Å². The number of fused-ring (bicyclic) bond motifs is 1. The Morgan fingerprint density at radius 2 is 2.03 bits per heavy atom. The Balaban J connectivity index is 1.37. The number of carbonyl (C=O) groups excluding carboxylic acids is 2. The van der Waals surface area contributed by atoms with Crippen LogP contribution in [0.1, 0.15) is 50.0 Å². The lowest BCUT2D eigenvalue weighted by Gasteiger charge is -2.29. The Morgan fingerprint density at radius 1 is 1.23 bits per heavy atom. The van der Waals surface area contributed by atoms with E-state index in [9.17, 15) is 14.0 Å². The van der Waals surface area contributed by atoms with Crippen LogP contribution < -0.4 is 5.32 Å². The molecule has 1 fully saturated rings. The Labute approximate surface area is 237 Å². The van der Waals surface area contributed by atoms with Gasteiger partial charge in [0.15, 0.2) is 5.78 Å². The maximum absolute atomic E-state index is 13.6. The average Bonchev–Trinajstić information content (AvgIpc) is 3.28. The van der Waals surface area contributed by atoms with E-state index in [4.69, 9.17) is 16.3 Å². The van der Waals surface area contributed by atoms with E-state index >= 15 is 0 Å². The minimum absolute atomic E-state index is 0.0145. The fraction of sp³-hybridized carbons (Fsp3) is 0.448. The molecule has 39 heavy (non-hydrogen) atoms. The summed E-state index contributed by atoms with van der Waals surface area (Å²) in [6, 6.07) is 4.47. The lowest BCUT2D eigenvalue weighted by Crippen LogP contribution is -2.37. The van der Waals surface area contributed by atoms with E-state index in [1.165, 1.54) is 18.5 Å². The number of thiophene rings is 1. The van der Waals surface area contributed by atoms with E-state index < -0.39 is 5.82 Å². The third-order valence-electron chi connectivity index (χ3n) is 6.83. The van der Waals surface area contributed by atoms with Crippen LogP contribution in [0.15, 0.2) is 36.7 Å². The summed E-state index contributed by atoms with van der Waals surface area (Å²) in [5.74, 6) is 0.143. The highest BCUT2D eigenvalue weighted by atomic mass is 35.5. The van der Waals surface area contributed by atoms with Gasteiger partial charge in [0.1, 0.15) is 22.8 Å². The molecular weight excluding hydrogens is 539 g/mol. The molecule has 10 heteroatoms. The highest BCUT2D eigenvalue weighted by Gasteiger charge is 2.25. The number of aromatic nitrogens is 2. The number of ether oxygens (including phenoxy) is 1. The van der Waals surface area contributed by atoms with Crippen molar-refractivity contribution in [1.82, 2.24) is 14.9 Å². The minimum Gasteiger partial charge on any atom is -0.466 e. The number of piperidine rings is 1. The molecular formula is C29H34ClFN4O3S. The summed E-state index contributed by atoms with van der Waals surface area (Å²) in [4.78, 5) is 37.8. The van der Waals surface area contributed by atoms with E-state index in [0.29, 0.717) is 37.5 Å². The molecule has 1 aliphatic rings. The standard InChI is InChI=1S/C29H34ClFN4O3S/c1-3-6-22-25(11-9-21(36)7-5-14-35-15-12-19(13-16-35)29(37)38-4-2)39-28-26(22)27(32-18-33-28)34-20-8-10-24(31)23(30)17-20/h5,7-8,10,17-19H,3-4,6,9,11-16H2,1-2H3,(H,32,33,34)/b7-5+. The monoisotopic (exact) mass is 572 g/mol. The summed E-state index contributed by atoms with van der Waals surface area (Å²) >= 11 is 7.55. The number of carbonyl (C=O) groups is 2.